The summed E-state index contributed by atoms with van der Waals surface area (Å²) in [6.07, 6.45) is 4.77. The van der Waals surface area contributed by atoms with E-state index in [0.717, 1.165) is 44.9 Å². The molecule has 1 N–H and O–H groups in total. The second-order valence-corrected chi connectivity index (χ2v) is 7.03. The molecule has 3 aromatic rings. The SMILES string of the molecule is Cc1c(-c2ccccc2)sc2nc(C3CCCC3)[nH]c(=O)c12. The summed E-state index contributed by atoms with van der Waals surface area (Å²) in [6.45, 7) is 2.02. The van der Waals surface area contributed by atoms with Crippen LogP contribution in [0.5, 0.6) is 0 Å². The van der Waals surface area contributed by atoms with E-state index in [0.29, 0.717) is 5.92 Å². The van der Waals surface area contributed by atoms with Crippen molar-refractivity contribution in [3.8, 4) is 10.4 Å². The minimum Gasteiger partial charge on any atom is -0.310 e. The predicted octanol–water partition coefficient (Wildman–Crippen LogP) is 4.62. The van der Waals surface area contributed by atoms with E-state index in [1.165, 1.54) is 12.8 Å². The molecule has 3 nitrogen and oxygen atoms in total. The lowest BCUT2D eigenvalue weighted by Gasteiger charge is -2.07. The number of fused-ring (bicyclic) bond motifs is 1. The third-order valence-electron chi connectivity index (χ3n) is 4.60. The van der Waals surface area contributed by atoms with Gasteiger partial charge in [-0.1, -0.05) is 43.2 Å². The van der Waals surface area contributed by atoms with E-state index in [9.17, 15) is 4.79 Å². The van der Waals surface area contributed by atoms with Gasteiger partial charge in [-0.15, -0.1) is 11.3 Å². The van der Waals surface area contributed by atoms with Gasteiger partial charge in [0.15, 0.2) is 0 Å². The van der Waals surface area contributed by atoms with Gasteiger partial charge in [-0.25, -0.2) is 4.98 Å². The van der Waals surface area contributed by atoms with Crippen LogP contribution >= 0.6 is 11.3 Å². The van der Waals surface area contributed by atoms with Crippen molar-refractivity contribution in [2.45, 2.75) is 38.5 Å². The largest absolute Gasteiger partial charge is 0.310 e. The number of thiophene rings is 1. The van der Waals surface area contributed by atoms with Gasteiger partial charge in [0, 0.05) is 10.8 Å². The van der Waals surface area contributed by atoms with Gasteiger partial charge in [0.05, 0.1) is 5.39 Å². The molecule has 1 aliphatic carbocycles. The van der Waals surface area contributed by atoms with Crippen LogP contribution in [0.25, 0.3) is 20.7 Å². The molecule has 1 aliphatic rings. The molecular weight excluding hydrogens is 292 g/mol. The van der Waals surface area contributed by atoms with Crippen molar-refractivity contribution in [3.63, 3.8) is 0 Å². The zero-order chi connectivity index (χ0) is 15.1. The number of H-pyrrole nitrogens is 1. The van der Waals surface area contributed by atoms with Crippen LogP contribution in [0, 0.1) is 6.92 Å². The predicted molar refractivity (Wildman–Crippen MR) is 91.6 cm³/mol. The number of aryl methyl sites for hydroxylation is 1. The van der Waals surface area contributed by atoms with Crippen LogP contribution in [0.2, 0.25) is 0 Å². The Labute approximate surface area is 133 Å². The summed E-state index contributed by atoms with van der Waals surface area (Å²) in [6, 6.07) is 10.2. The van der Waals surface area contributed by atoms with Crippen LogP contribution in [0.3, 0.4) is 0 Å². The van der Waals surface area contributed by atoms with Crippen LogP contribution in [0.15, 0.2) is 35.1 Å². The zero-order valence-electron chi connectivity index (χ0n) is 12.6. The number of aromatic nitrogens is 2. The van der Waals surface area contributed by atoms with E-state index in [1.807, 2.05) is 25.1 Å². The molecule has 0 spiro atoms. The average Bonchev–Trinajstić information content (AvgIpc) is 3.16. The van der Waals surface area contributed by atoms with Gasteiger partial charge < -0.3 is 4.98 Å². The summed E-state index contributed by atoms with van der Waals surface area (Å²) >= 11 is 1.63. The molecule has 0 radical (unpaired) electrons. The summed E-state index contributed by atoms with van der Waals surface area (Å²) in [5.41, 5.74) is 2.21. The maximum absolute atomic E-state index is 12.5. The molecule has 0 unspecified atom stereocenters. The Bertz CT molecular complexity index is 873. The Morgan fingerprint density at radius 1 is 1.18 bits per heavy atom. The van der Waals surface area contributed by atoms with Crippen molar-refractivity contribution in [3.05, 3.63) is 52.1 Å². The summed E-state index contributed by atoms with van der Waals surface area (Å²) in [5.74, 6) is 1.32. The maximum Gasteiger partial charge on any atom is 0.259 e. The van der Waals surface area contributed by atoms with Crippen molar-refractivity contribution in [1.82, 2.24) is 9.97 Å². The first-order valence-electron chi connectivity index (χ1n) is 7.83. The van der Waals surface area contributed by atoms with E-state index in [1.54, 1.807) is 11.3 Å². The number of hydrogen-bond donors (Lipinski definition) is 1. The first kappa shape index (κ1) is 13.7. The number of nitrogens with zero attached hydrogens (tertiary/aromatic N) is 1. The van der Waals surface area contributed by atoms with E-state index in [4.69, 9.17) is 4.98 Å². The van der Waals surface area contributed by atoms with E-state index >= 15 is 0 Å². The van der Waals surface area contributed by atoms with Crippen LogP contribution < -0.4 is 5.56 Å². The quantitative estimate of drug-likeness (QED) is 0.751. The fraction of sp³-hybridized carbons (Fsp3) is 0.333. The second kappa shape index (κ2) is 5.36. The van der Waals surface area contributed by atoms with Gasteiger partial charge in [0.1, 0.15) is 10.7 Å². The van der Waals surface area contributed by atoms with Crippen molar-refractivity contribution in [2.24, 2.45) is 0 Å². The van der Waals surface area contributed by atoms with Crippen molar-refractivity contribution >= 4 is 21.6 Å². The van der Waals surface area contributed by atoms with Gasteiger partial charge in [-0.05, 0) is 30.9 Å². The van der Waals surface area contributed by atoms with Crippen LogP contribution in [-0.2, 0) is 0 Å². The highest BCUT2D eigenvalue weighted by atomic mass is 32.1. The molecule has 1 fully saturated rings. The molecule has 22 heavy (non-hydrogen) atoms. The van der Waals surface area contributed by atoms with E-state index < -0.39 is 0 Å². The molecule has 0 atom stereocenters. The van der Waals surface area contributed by atoms with Crippen LogP contribution in [-0.4, -0.2) is 9.97 Å². The molecule has 0 saturated heterocycles. The van der Waals surface area contributed by atoms with Gasteiger partial charge in [0.25, 0.3) is 5.56 Å². The molecule has 0 bridgehead atoms. The van der Waals surface area contributed by atoms with E-state index in [2.05, 4.69) is 17.1 Å². The summed E-state index contributed by atoms with van der Waals surface area (Å²) in [7, 11) is 0. The minimum atomic E-state index is 0.0165. The fourth-order valence-electron chi connectivity index (χ4n) is 3.42. The number of rotatable bonds is 2. The normalized spacial score (nSPS) is 15.7. The zero-order valence-corrected chi connectivity index (χ0v) is 13.4. The lowest BCUT2D eigenvalue weighted by Crippen LogP contribution is -2.13. The molecule has 2 aromatic heterocycles. The van der Waals surface area contributed by atoms with Gasteiger partial charge in [0.2, 0.25) is 0 Å². The Hall–Kier alpha value is -1.94. The number of nitrogens with one attached hydrogen (secondary N) is 1. The molecule has 2 heterocycles. The molecule has 0 aliphatic heterocycles. The lowest BCUT2D eigenvalue weighted by molar-refractivity contribution is 0.670. The van der Waals surface area contributed by atoms with Crippen molar-refractivity contribution in [2.75, 3.05) is 0 Å². The molecular formula is C18H18N2OS. The van der Waals surface area contributed by atoms with Crippen molar-refractivity contribution in [1.29, 1.82) is 0 Å². The summed E-state index contributed by atoms with van der Waals surface area (Å²) in [5, 5.41) is 0.755. The second-order valence-electron chi connectivity index (χ2n) is 6.03. The Morgan fingerprint density at radius 2 is 1.91 bits per heavy atom. The molecule has 4 rings (SSSR count). The standard InChI is InChI=1S/C18H18N2OS/c1-11-14-17(21)19-16(13-9-5-6-10-13)20-18(14)22-15(11)12-7-3-2-4-8-12/h2-4,7-8,13H,5-6,9-10H2,1H3,(H,19,20,21). The molecule has 1 aromatic carbocycles. The smallest absolute Gasteiger partial charge is 0.259 e. The van der Waals surface area contributed by atoms with Crippen LogP contribution in [0.4, 0.5) is 0 Å². The highest BCUT2D eigenvalue weighted by Crippen LogP contribution is 2.37. The van der Waals surface area contributed by atoms with Gasteiger partial charge >= 0.3 is 0 Å². The molecule has 4 heteroatoms. The minimum absolute atomic E-state index is 0.0165. The fourth-order valence-corrected chi connectivity index (χ4v) is 4.61. The highest BCUT2D eigenvalue weighted by Gasteiger charge is 2.22. The Morgan fingerprint density at radius 3 is 2.64 bits per heavy atom. The Kier molecular flexibility index (Phi) is 3.34. The number of aromatic amines is 1. The first-order valence-corrected chi connectivity index (χ1v) is 8.64. The monoisotopic (exact) mass is 310 g/mol. The summed E-state index contributed by atoms with van der Waals surface area (Å²) < 4.78 is 0. The third-order valence-corrected chi connectivity index (χ3v) is 5.83. The van der Waals surface area contributed by atoms with Gasteiger partial charge in [-0.2, -0.15) is 0 Å². The third kappa shape index (κ3) is 2.18. The topological polar surface area (TPSA) is 45.8 Å². The molecule has 0 amide bonds. The Balaban J connectivity index is 1.90. The average molecular weight is 310 g/mol. The lowest BCUT2D eigenvalue weighted by atomic mass is 10.1. The molecule has 112 valence electrons. The summed E-state index contributed by atoms with van der Waals surface area (Å²) in [4.78, 5) is 22.4. The van der Waals surface area contributed by atoms with Crippen molar-refractivity contribution < 1.29 is 0 Å². The van der Waals surface area contributed by atoms with E-state index in [-0.39, 0.29) is 5.56 Å². The molecule has 1 saturated carbocycles. The number of hydrogen-bond acceptors (Lipinski definition) is 3. The number of benzene rings is 1. The maximum atomic E-state index is 12.5. The first-order chi connectivity index (χ1) is 10.7. The highest BCUT2D eigenvalue weighted by molar-refractivity contribution is 7.22. The van der Waals surface area contributed by atoms with Crippen LogP contribution in [0.1, 0.15) is 43.0 Å². The van der Waals surface area contributed by atoms with Gasteiger partial charge in [-0.3, -0.25) is 4.79 Å².